The van der Waals surface area contributed by atoms with Crippen LogP contribution in [0.4, 0.5) is 0 Å². The molecule has 1 aliphatic carbocycles. The van der Waals surface area contributed by atoms with E-state index in [0.29, 0.717) is 0 Å². The fourth-order valence-electron chi connectivity index (χ4n) is 3.46. The molecule has 1 aliphatic rings. The highest BCUT2D eigenvalue weighted by molar-refractivity contribution is 5.26. The molecule has 1 fully saturated rings. The van der Waals surface area contributed by atoms with Crippen molar-refractivity contribution >= 4 is 0 Å². The van der Waals surface area contributed by atoms with Crippen LogP contribution in [0.5, 0.6) is 0 Å². The number of benzene rings is 1. The Morgan fingerprint density at radius 3 is 2.71 bits per heavy atom. The van der Waals surface area contributed by atoms with Crippen molar-refractivity contribution < 1.29 is 0 Å². The Hall–Kier alpha value is -1.61. The minimum atomic E-state index is -0.0832. The van der Waals surface area contributed by atoms with E-state index in [1.165, 1.54) is 38.5 Å². The van der Waals surface area contributed by atoms with Gasteiger partial charge in [0.2, 0.25) is 0 Å². The zero-order chi connectivity index (χ0) is 14.5. The second kappa shape index (κ2) is 6.90. The summed E-state index contributed by atoms with van der Waals surface area (Å²) in [4.78, 5) is 4.30. The van der Waals surface area contributed by atoms with Crippen LogP contribution in [0, 0.1) is 5.92 Å². The van der Waals surface area contributed by atoms with E-state index in [-0.39, 0.29) is 6.04 Å². The molecular weight excluding hydrogens is 258 g/mol. The summed E-state index contributed by atoms with van der Waals surface area (Å²) in [7, 11) is 0. The lowest BCUT2D eigenvalue weighted by atomic mass is 10.0. The molecule has 3 rings (SSSR count). The van der Waals surface area contributed by atoms with E-state index >= 15 is 0 Å². The monoisotopic (exact) mass is 283 g/mol. The van der Waals surface area contributed by atoms with Gasteiger partial charge in [-0.3, -0.25) is 0 Å². The highest BCUT2D eigenvalue weighted by Crippen LogP contribution is 2.29. The van der Waals surface area contributed by atoms with Crippen LogP contribution in [0.2, 0.25) is 0 Å². The van der Waals surface area contributed by atoms with Gasteiger partial charge in [0, 0.05) is 6.54 Å². The Balaban J connectivity index is 1.60. The molecular formula is C18H25N3. The first-order valence-electron chi connectivity index (χ1n) is 8.15. The van der Waals surface area contributed by atoms with Gasteiger partial charge in [-0.2, -0.15) is 0 Å². The van der Waals surface area contributed by atoms with E-state index < -0.39 is 0 Å². The first-order valence-corrected chi connectivity index (χ1v) is 8.15. The number of nitrogens with two attached hydrogens (primary N) is 1. The third-order valence-electron chi connectivity index (χ3n) is 4.71. The average molecular weight is 283 g/mol. The van der Waals surface area contributed by atoms with Crippen molar-refractivity contribution in [1.82, 2.24) is 9.55 Å². The van der Waals surface area contributed by atoms with Gasteiger partial charge in [0.15, 0.2) is 0 Å². The van der Waals surface area contributed by atoms with Crippen LogP contribution < -0.4 is 5.73 Å². The summed E-state index contributed by atoms with van der Waals surface area (Å²) in [5.74, 6) is 0.958. The molecule has 21 heavy (non-hydrogen) atoms. The second-order valence-electron chi connectivity index (χ2n) is 6.19. The molecule has 0 radical (unpaired) electrons. The van der Waals surface area contributed by atoms with E-state index in [1.807, 2.05) is 30.7 Å². The normalized spacial score (nSPS) is 17.2. The summed E-state index contributed by atoms with van der Waals surface area (Å²) >= 11 is 0. The number of rotatable bonds is 6. The van der Waals surface area contributed by atoms with Gasteiger partial charge in [-0.05, 0) is 24.3 Å². The lowest BCUT2D eigenvalue weighted by molar-refractivity contribution is 0.453. The number of nitrogens with zero attached hydrogens (tertiary/aromatic N) is 2. The molecule has 2 aromatic rings. The number of hydrogen-bond acceptors (Lipinski definition) is 2. The van der Waals surface area contributed by atoms with Crippen LogP contribution in [0.15, 0.2) is 42.9 Å². The fraction of sp³-hybridized carbons (Fsp3) is 0.500. The number of aromatic nitrogens is 2. The van der Waals surface area contributed by atoms with Gasteiger partial charge in [-0.25, -0.2) is 4.98 Å². The number of aryl methyl sites for hydroxylation is 1. The number of hydrogen-bond donors (Lipinski definition) is 1. The van der Waals surface area contributed by atoms with Gasteiger partial charge in [0.25, 0.3) is 0 Å². The van der Waals surface area contributed by atoms with Crippen LogP contribution >= 0.6 is 0 Å². The quantitative estimate of drug-likeness (QED) is 0.873. The second-order valence-corrected chi connectivity index (χ2v) is 6.19. The minimum Gasteiger partial charge on any atom is -0.333 e. The van der Waals surface area contributed by atoms with Gasteiger partial charge in [-0.15, -0.1) is 0 Å². The van der Waals surface area contributed by atoms with Crippen molar-refractivity contribution in [2.45, 2.75) is 51.1 Å². The highest BCUT2D eigenvalue weighted by atomic mass is 15.1. The SMILES string of the molecule is NC(c1ccccc1)c1cncn1CCCC1CCCC1. The third kappa shape index (κ3) is 3.53. The van der Waals surface area contributed by atoms with E-state index in [2.05, 4.69) is 21.7 Å². The molecule has 0 aliphatic heterocycles. The topological polar surface area (TPSA) is 43.8 Å². The molecule has 112 valence electrons. The zero-order valence-corrected chi connectivity index (χ0v) is 12.6. The molecule has 3 heteroatoms. The predicted octanol–water partition coefficient (Wildman–Crippen LogP) is 3.90. The van der Waals surface area contributed by atoms with Gasteiger partial charge in [0.05, 0.1) is 24.3 Å². The van der Waals surface area contributed by atoms with E-state index in [9.17, 15) is 0 Å². The van der Waals surface area contributed by atoms with Crippen molar-refractivity contribution in [3.8, 4) is 0 Å². The molecule has 1 aromatic carbocycles. The van der Waals surface area contributed by atoms with Gasteiger partial charge >= 0.3 is 0 Å². The van der Waals surface area contributed by atoms with Crippen LogP contribution in [-0.4, -0.2) is 9.55 Å². The maximum absolute atomic E-state index is 6.39. The summed E-state index contributed by atoms with van der Waals surface area (Å²) in [6.45, 7) is 1.03. The molecule has 0 amide bonds. The first kappa shape index (κ1) is 14.3. The van der Waals surface area contributed by atoms with Crippen molar-refractivity contribution in [2.24, 2.45) is 11.7 Å². The van der Waals surface area contributed by atoms with Crippen LogP contribution in [0.1, 0.15) is 55.8 Å². The lowest BCUT2D eigenvalue weighted by Gasteiger charge is -2.16. The summed E-state index contributed by atoms with van der Waals surface area (Å²) in [5.41, 5.74) is 8.66. The molecule has 0 bridgehead atoms. The summed E-state index contributed by atoms with van der Waals surface area (Å²) in [5, 5.41) is 0. The Bertz CT molecular complexity index is 541. The van der Waals surface area contributed by atoms with Crippen LogP contribution in [0.3, 0.4) is 0 Å². The van der Waals surface area contributed by atoms with Gasteiger partial charge in [-0.1, -0.05) is 56.0 Å². The van der Waals surface area contributed by atoms with E-state index in [0.717, 1.165) is 23.7 Å². The predicted molar refractivity (Wildman–Crippen MR) is 85.9 cm³/mol. The maximum atomic E-state index is 6.39. The Morgan fingerprint density at radius 2 is 1.95 bits per heavy atom. The highest BCUT2D eigenvalue weighted by Gasteiger charge is 2.16. The van der Waals surface area contributed by atoms with Gasteiger partial charge < -0.3 is 10.3 Å². The van der Waals surface area contributed by atoms with Crippen molar-refractivity contribution in [3.05, 3.63) is 54.1 Å². The van der Waals surface area contributed by atoms with Crippen molar-refractivity contribution in [1.29, 1.82) is 0 Å². The smallest absolute Gasteiger partial charge is 0.0948 e. The maximum Gasteiger partial charge on any atom is 0.0948 e. The first-order chi connectivity index (χ1) is 10.3. The van der Waals surface area contributed by atoms with Gasteiger partial charge in [0.1, 0.15) is 0 Å². The number of imidazole rings is 1. The molecule has 1 saturated carbocycles. The standard InChI is InChI=1S/C18H25N3/c19-18(16-10-2-1-3-11-16)17-13-20-14-21(17)12-6-9-15-7-4-5-8-15/h1-3,10-11,13-15,18H,4-9,12,19H2. The molecule has 0 saturated heterocycles. The third-order valence-corrected chi connectivity index (χ3v) is 4.71. The zero-order valence-electron chi connectivity index (χ0n) is 12.6. The Labute approximate surface area is 127 Å². The van der Waals surface area contributed by atoms with Crippen LogP contribution in [-0.2, 0) is 6.54 Å². The molecule has 1 unspecified atom stereocenters. The van der Waals surface area contributed by atoms with E-state index in [4.69, 9.17) is 5.73 Å². The largest absolute Gasteiger partial charge is 0.333 e. The molecule has 3 nitrogen and oxygen atoms in total. The summed E-state index contributed by atoms with van der Waals surface area (Å²) < 4.78 is 2.23. The molecule has 1 heterocycles. The summed E-state index contributed by atoms with van der Waals surface area (Å²) in [6, 6.07) is 10.2. The minimum absolute atomic E-state index is 0.0832. The molecule has 2 N–H and O–H groups in total. The molecule has 1 aromatic heterocycles. The Kier molecular flexibility index (Phi) is 4.71. The fourth-order valence-corrected chi connectivity index (χ4v) is 3.46. The molecule has 0 spiro atoms. The van der Waals surface area contributed by atoms with E-state index in [1.54, 1.807) is 0 Å². The Morgan fingerprint density at radius 1 is 1.19 bits per heavy atom. The van der Waals surface area contributed by atoms with Crippen LogP contribution in [0.25, 0.3) is 0 Å². The van der Waals surface area contributed by atoms with Crippen molar-refractivity contribution in [2.75, 3.05) is 0 Å². The summed E-state index contributed by atoms with van der Waals surface area (Å²) in [6.07, 6.45) is 12.1. The average Bonchev–Trinajstić information content (AvgIpc) is 3.19. The lowest BCUT2D eigenvalue weighted by Crippen LogP contribution is -2.16. The molecule has 1 atom stereocenters. The van der Waals surface area contributed by atoms with Crippen molar-refractivity contribution in [3.63, 3.8) is 0 Å².